The van der Waals surface area contributed by atoms with Crippen molar-refractivity contribution in [2.75, 3.05) is 11.9 Å². The average Bonchev–Trinajstić information content (AvgIpc) is 2.79. The number of aliphatic hydroxyl groups is 1. The second-order valence-corrected chi connectivity index (χ2v) is 9.09. The molecule has 0 radical (unpaired) electrons. The molecule has 1 fully saturated rings. The molecule has 2 aromatic carbocycles. The van der Waals surface area contributed by atoms with Gasteiger partial charge < -0.3 is 15.7 Å². The summed E-state index contributed by atoms with van der Waals surface area (Å²) in [6.07, 6.45) is 5.15. The number of carbonyl (C=O) groups is 3. The SMILES string of the molecule is Cc1ccc(CNC(=O)C2(C)CCCCC2)cc1C(=O)Nc1ccc(Cl)c(C(=O)CO)c1. The van der Waals surface area contributed by atoms with E-state index in [1.165, 1.54) is 18.6 Å². The zero-order valence-electron chi connectivity index (χ0n) is 18.5. The van der Waals surface area contributed by atoms with E-state index in [0.717, 1.165) is 36.8 Å². The largest absolute Gasteiger partial charge is 0.388 e. The van der Waals surface area contributed by atoms with Crippen LogP contribution < -0.4 is 10.6 Å². The van der Waals surface area contributed by atoms with Gasteiger partial charge in [0.25, 0.3) is 5.91 Å². The third-order valence-corrected chi connectivity index (χ3v) is 6.50. The molecular formula is C25H29ClN2O4. The van der Waals surface area contributed by atoms with Crippen LogP contribution in [0.2, 0.25) is 5.02 Å². The van der Waals surface area contributed by atoms with Gasteiger partial charge in [0.15, 0.2) is 5.78 Å². The van der Waals surface area contributed by atoms with Crippen molar-refractivity contribution in [1.82, 2.24) is 5.32 Å². The van der Waals surface area contributed by atoms with Crippen molar-refractivity contribution < 1.29 is 19.5 Å². The number of rotatable bonds is 7. The molecule has 2 aromatic rings. The molecular weight excluding hydrogens is 428 g/mol. The minimum atomic E-state index is -0.664. The lowest BCUT2D eigenvalue weighted by atomic mass is 9.75. The van der Waals surface area contributed by atoms with E-state index < -0.39 is 12.4 Å². The normalized spacial score (nSPS) is 15.1. The summed E-state index contributed by atoms with van der Waals surface area (Å²) in [6, 6.07) is 10.1. The fourth-order valence-corrected chi connectivity index (χ4v) is 4.30. The Labute approximate surface area is 193 Å². The van der Waals surface area contributed by atoms with E-state index >= 15 is 0 Å². The standard InChI is InChI=1S/C25H29ClN2O4/c1-16-6-7-17(14-27-24(32)25(2)10-4-3-5-11-25)12-19(16)23(31)28-18-8-9-21(26)20(13-18)22(30)15-29/h6-9,12-13,29H,3-5,10-11,14-15H2,1-2H3,(H,27,32)(H,28,31). The van der Waals surface area contributed by atoms with Crippen LogP contribution in [0, 0.1) is 12.3 Å². The first kappa shape index (κ1) is 24.0. The van der Waals surface area contributed by atoms with Gasteiger partial charge in [-0.15, -0.1) is 0 Å². The first-order valence-electron chi connectivity index (χ1n) is 10.9. The number of hydrogen-bond acceptors (Lipinski definition) is 4. The van der Waals surface area contributed by atoms with Crippen molar-refractivity contribution in [1.29, 1.82) is 0 Å². The molecule has 6 nitrogen and oxygen atoms in total. The molecule has 7 heteroatoms. The maximum atomic E-state index is 12.9. The van der Waals surface area contributed by atoms with Crippen LogP contribution >= 0.6 is 11.6 Å². The van der Waals surface area contributed by atoms with Crippen molar-refractivity contribution in [2.24, 2.45) is 5.41 Å². The minimum Gasteiger partial charge on any atom is -0.388 e. The van der Waals surface area contributed by atoms with Gasteiger partial charge in [0.05, 0.1) is 5.02 Å². The number of aliphatic hydroxyl groups excluding tert-OH is 1. The smallest absolute Gasteiger partial charge is 0.255 e. The number of benzene rings is 2. The zero-order chi connectivity index (χ0) is 23.3. The maximum Gasteiger partial charge on any atom is 0.255 e. The highest BCUT2D eigenvalue weighted by molar-refractivity contribution is 6.34. The number of anilines is 1. The van der Waals surface area contributed by atoms with Gasteiger partial charge in [-0.05, 0) is 55.2 Å². The van der Waals surface area contributed by atoms with Crippen LogP contribution in [0.5, 0.6) is 0 Å². The Morgan fingerprint density at radius 1 is 1.03 bits per heavy atom. The van der Waals surface area contributed by atoms with Crippen LogP contribution in [0.4, 0.5) is 5.69 Å². The first-order chi connectivity index (χ1) is 15.2. The molecule has 0 aliphatic heterocycles. The molecule has 1 saturated carbocycles. The Kier molecular flexibility index (Phi) is 7.69. The van der Waals surface area contributed by atoms with Crippen LogP contribution in [-0.4, -0.2) is 29.3 Å². The van der Waals surface area contributed by atoms with E-state index in [9.17, 15) is 14.4 Å². The fourth-order valence-electron chi connectivity index (χ4n) is 4.08. The van der Waals surface area contributed by atoms with E-state index in [4.69, 9.17) is 16.7 Å². The van der Waals surface area contributed by atoms with Crippen LogP contribution in [-0.2, 0) is 11.3 Å². The molecule has 0 bridgehead atoms. The molecule has 1 aliphatic carbocycles. The lowest BCUT2D eigenvalue weighted by Crippen LogP contribution is -2.39. The molecule has 0 spiro atoms. The highest BCUT2D eigenvalue weighted by Crippen LogP contribution is 2.35. The number of hydrogen-bond donors (Lipinski definition) is 3. The summed E-state index contributed by atoms with van der Waals surface area (Å²) in [4.78, 5) is 37.4. The molecule has 32 heavy (non-hydrogen) atoms. The number of carbonyl (C=O) groups excluding carboxylic acids is 3. The molecule has 170 valence electrons. The number of ketones is 1. The Hall–Kier alpha value is -2.70. The minimum absolute atomic E-state index is 0.0611. The fraction of sp³-hybridized carbons (Fsp3) is 0.400. The van der Waals surface area contributed by atoms with Crippen molar-refractivity contribution >= 4 is 34.9 Å². The molecule has 2 amide bonds. The molecule has 1 aliphatic rings. The Bertz CT molecular complexity index is 1030. The lowest BCUT2D eigenvalue weighted by molar-refractivity contribution is -0.132. The van der Waals surface area contributed by atoms with Gasteiger partial charge in [-0.25, -0.2) is 0 Å². The topological polar surface area (TPSA) is 95.5 Å². The molecule has 0 unspecified atom stereocenters. The maximum absolute atomic E-state index is 12.9. The number of aryl methyl sites for hydroxylation is 1. The monoisotopic (exact) mass is 456 g/mol. The van der Waals surface area contributed by atoms with E-state index in [-0.39, 0.29) is 27.8 Å². The van der Waals surface area contributed by atoms with E-state index in [0.29, 0.717) is 17.8 Å². The third kappa shape index (κ3) is 5.56. The second-order valence-electron chi connectivity index (χ2n) is 8.68. The van der Waals surface area contributed by atoms with Crippen molar-refractivity contribution in [2.45, 2.75) is 52.5 Å². The van der Waals surface area contributed by atoms with Crippen molar-refractivity contribution in [3.63, 3.8) is 0 Å². The van der Waals surface area contributed by atoms with Crippen molar-refractivity contribution in [3.05, 3.63) is 63.7 Å². The first-order valence-corrected chi connectivity index (χ1v) is 11.2. The Morgan fingerprint density at radius 3 is 2.44 bits per heavy atom. The van der Waals surface area contributed by atoms with Gasteiger partial charge in [-0.2, -0.15) is 0 Å². The van der Waals surface area contributed by atoms with Gasteiger partial charge in [-0.1, -0.05) is 49.9 Å². The summed E-state index contributed by atoms with van der Waals surface area (Å²) < 4.78 is 0. The van der Waals surface area contributed by atoms with Gasteiger partial charge in [0, 0.05) is 28.8 Å². The Morgan fingerprint density at radius 2 is 1.75 bits per heavy atom. The summed E-state index contributed by atoms with van der Waals surface area (Å²) in [5, 5.41) is 15.1. The second kappa shape index (κ2) is 10.3. The number of amides is 2. The summed E-state index contributed by atoms with van der Waals surface area (Å²) in [5.74, 6) is -0.794. The molecule has 0 heterocycles. The zero-order valence-corrected chi connectivity index (χ0v) is 19.2. The number of Topliss-reactive ketones (excluding diaryl/α,β-unsaturated/α-hetero) is 1. The third-order valence-electron chi connectivity index (χ3n) is 6.17. The van der Waals surface area contributed by atoms with Crippen LogP contribution in [0.3, 0.4) is 0 Å². The molecule has 0 atom stereocenters. The van der Waals surface area contributed by atoms with Gasteiger partial charge in [0.2, 0.25) is 5.91 Å². The van der Waals surface area contributed by atoms with Crippen LogP contribution in [0.15, 0.2) is 36.4 Å². The Balaban J connectivity index is 1.71. The average molecular weight is 457 g/mol. The van der Waals surface area contributed by atoms with Crippen LogP contribution in [0.25, 0.3) is 0 Å². The number of nitrogens with one attached hydrogen (secondary N) is 2. The van der Waals surface area contributed by atoms with Gasteiger partial charge in [0.1, 0.15) is 6.61 Å². The summed E-state index contributed by atoms with van der Waals surface area (Å²) in [7, 11) is 0. The summed E-state index contributed by atoms with van der Waals surface area (Å²) >= 11 is 6.02. The van der Waals surface area contributed by atoms with Gasteiger partial charge >= 0.3 is 0 Å². The summed E-state index contributed by atoms with van der Waals surface area (Å²) in [6.45, 7) is 3.55. The van der Waals surface area contributed by atoms with E-state index in [2.05, 4.69) is 10.6 Å². The molecule has 0 aromatic heterocycles. The molecule has 3 rings (SSSR count). The van der Waals surface area contributed by atoms with E-state index in [1.54, 1.807) is 12.1 Å². The highest BCUT2D eigenvalue weighted by atomic mass is 35.5. The quantitative estimate of drug-likeness (QED) is 0.528. The van der Waals surface area contributed by atoms with Crippen LogP contribution in [0.1, 0.15) is 70.9 Å². The van der Waals surface area contributed by atoms with E-state index in [1.807, 2.05) is 26.0 Å². The predicted molar refractivity (Wildman–Crippen MR) is 125 cm³/mol. The molecule has 0 saturated heterocycles. The number of halogens is 1. The highest BCUT2D eigenvalue weighted by Gasteiger charge is 2.34. The predicted octanol–water partition coefficient (Wildman–Crippen LogP) is 4.66. The summed E-state index contributed by atoms with van der Waals surface area (Å²) in [5.41, 5.74) is 2.33. The van der Waals surface area contributed by atoms with Gasteiger partial charge in [-0.3, -0.25) is 14.4 Å². The molecule has 3 N–H and O–H groups in total. The lowest BCUT2D eigenvalue weighted by Gasteiger charge is -2.32. The van der Waals surface area contributed by atoms with Crippen molar-refractivity contribution in [3.8, 4) is 0 Å².